The number of benzene rings is 1. The lowest BCUT2D eigenvalue weighted by molar-refractivity contribution is -0.119. The summed E-state index contributed by atoms with van der Waals surface area (Å²) in [6.45, 7) is 6.02. The van der Waals surface area contributed by atoms with Gasteiger partial charge < -0.3 is 19.9 Å². The Morgan fingerprint density at radius 3 is 2.70 bits per heavy atom. The highest BCUT2D eigenvalue weighted by molar-refractivity contribution is 7.14. The first-order chi connectivity index (χ1) is 19.0. The number of fused-ring (bicyclic) bond motifs is 1. The van der Waals surface area contributed by atoms with Crippen LogP contribution in [0.15, 0.2) is 48.1 Å². The summed E-state index contributed by atoms with van der Waals surface area (Å²) >= 11 is 1.20. The van der Waals surface area contributed by atoms with Crippen molar-refractivity contribution in [2.24, 2.45) is 5.92 Å². The minimum Gasteiger partial charge on any atom is -0.382 e. The van der Waals surface area contributed by atoms with Gasteiger partial charge in [-0.3, -0.25) is 14.4 Å². The molecule has 0 bridgehead atoms. The van der Waals surface area contributed by atoms with Crippen molar-refractivity contribution in [1.82, 2.24) is 14.9 Å². The zero-order valence-electron chi connectivity index (χ0n) is 22.7. The third-order valence-corrected chi connectivity index (χ3v) is 7.38. The van der Waals surface area contributed by atoms with Gasteiger partial charge in [0.2, 0.25) is 6.43 Å². The van der Waals surface area contributed by atoms with E-state index in [2.05, 4.69) is 15.6 Å². The van der Waals surface area contributed by atoms with E-state index in [1.165, 1.54) is 24.5 Å². The molecular weight excluding hydrogens is 538 g/mol. The number of amides is 2. The maximum atomic E-state index is 13.2. The van der Waals surface area contributed by atoms with Gasteiger partial charge in [0.05, 0.1) is 17.9 Å². The van der Waals surface area contributed by atoms with Crippen molar-refractivity contribution in [3.63, 3.8) is 0 Å². The van der Waals surface area contributed by atoms with Crippen LogP contribution in [0.4, 0.5) is 13.9 Å². The van der Waals surface area contributed by atoms with Crippen LogP contribution in [0.25, 0.3) is 17.3 Å². The molecule has 1 aliphatic rings. The Morgan fingerprint density at radius 1 is 1.25 bits per heavy atom. The third-order valence-electron chi connectivity index (χ3n) is 6.62. The monoisotopic (exact) mass is 570 g/mol. The van der Waals surface area contributed by atoms with Crippen LogP contribution in [0.3, 0.4) is 0 Å². The highest BCUT2D eigenvalue weighted by Crippen LogP contribution is 2.30. The molecule has 2 atom stereocenters. The quantitative estimate of drug-likeness (QED) is 0.366. The van der Waals surface area contributed by atoms with E-state index >= 15 is 0 Å². The Labute approximate surface area is 235 Å². The zero-order chi connectivity index (χ0) is 29.0. The van der Waals surface area contributed by atoms with E-state index in [4.69, 9.17) is 4.74 Å². The molecule has 1 aromatic carbocycles. The molecule has 2 aromatic heterocycles. The largest absolute Gasteiger partial charge is 0.382 e. The van der Waals surface area contributed by atoms with Gasteiger partial charge >= 0.3 is 0 Å². The standard InChI is InChI=1S/C29H32F2N4O4S/c1-29(2,3)35-12-11-20(14-35)26(37)32-22(15-39-4)27(38)34-28-33-23(16-40-28)19-8-6-17-5-7-18(25(30)31)9-10-24(36)21(17)13-19/h5-8,11-14,16,18,22,25H,9-10,15H2,1-4H3,(H,32,37)(H,33,34,38)/t18?,22-/m0/s1. The molecule has 1 aliphatic carbocycles. The molecule has 0 aliphatic heterocycles. The van der Waals surface area contributed by atoms with E-state index in [1.54, 1.807) is 41.9 Å². The Morgan fingerprint density at radius 2 is 2.02 bits per heavy atom. The molecule has 2 amide bonds. The average Bonchev–Trinajstić information content (AvgIpc) is 3.57. The first kappa shape index (κ1) is 29.3. The second-order valence-corrected chi connectivity index (χ2v) is 11.5. The fourth-order valence-corrected chi connectivity index (χ4v) is 4.99. The number of aromatic nitrogens is 2. The molecule has 2 N–H and O–H groups in total. The van der Waals surface area contributed by atoms with Gasteiger partial charge in [-0.2, -0.15) is 0 Å². The van der Waals surface area contributed by atoms with E-state index in [-0.39, 0.29) is 30.8 Å². The maximum absolute atomic E-state index is 13.2. The third kappa shape index (κ3) is 6.89. The van der Waals surface area contributed by atoms with Gasteiger partial charge in [0.1, 0.15) is 6.04 Å². The minimum atomic E-state index is -2.51. The molecule has 0 spiro atoms. The van der Waals surface area contributed by atoms with Gasteiger partial charge in [0, 0.05) is 53.9 Å². The van der Waals surface area contributed by atoms with E-state index < -0.39 is 30.2 Å². The fourth-order valence-electron chi connectivity index (χ4n) is 4.26. The van der Waals surface area contributed by atoms with Crippen molar-refractivity contribution >= 4 is 40.1 Å². The molecule has 2 heterocycles. The average molecular weight is 571 g/mol. The normalized spacial score (nSPS) is 16.3. The van der Waals surface area contributed by atoms with Crippen molar-refractivity contribution in [3.8, 4) is 11.3 Å². The summed E-state index contributed by atoms with van der Waals surface area (Å²) in [6.07, 6.45) is 4.17. The zero-order valence-corrected chi connectivity index (χ0v) is 23.6. The molecule has 0 saturated carbocycles. The summed E-state index contributed by atoms with van der Waals surface area (Å²) in [7, 11) is 1.44. The SMILES string of the molecule is COC[C@H](NC(=O)c1ccn(C(C)(C)C)c1)C(=O)Nc1nc(-c2ccc3c(c2)C(=O)CCC(C(F)F)C=C3)cs1. The summed E-state index contributed by atoms with van der Waals surface area (Å²) in [6, 6.07) is 5.90. The van der Waals surface area contributed by atoms with Gasteiger partial charge in [-0.1, -0.05) is 24.3 Å². The van der Waals surface area contributed by atoms with Crippen LogP contribution < -0.4 is 10.6 Å². The molecule has 3 aromatic rings. The Hall–Kier alpha value is -3.70. The van der Waals surface area contributed by atoms with E-state index in [0.29, 0.717) is 33.1 Å². The topological polar surface area (TPSA) is 102 Å². The number of carbonyl (C=O) groups is 3. The van der Waals surface area contributed by atoms with Gasteiger partial charge in [-0.25, -0.2) is 13.8 Å². The van der Waals surface area contributed by atoms with Crippen LogP contribution in [0.5, 0.6) is 0 Å². The second-order valence-electron chi connectivity index (χ2n) is 10.6. The fraction of sp³-hybridized carbons (Fsp3) is 0.379. The molecule has 40 heavy (non-hydrogen) atoms. The number of rotatable bonds is 8. The molecule has 0 fully saturated rings. The van der Waals surface area contributed by atoms with Crippen LogP contribution in [0.2, 0.25) is 0 Å². The minimum absolute atomic E-state index is 0.0295. The summed E-state index contributed by atoms with van der Waals surface area (Å²) in [5, 5.41) is 7.50. The van der Waals surface area contributed by atoms with Crippen LogP contribution in [0.1, 0.15) is 59.9 Å². The van der Waals surface area contributed by atoms with Gasteiger partial charge in [0.25, 0.3) is 11.8 Å². The molecule has 0 radical (unpaired) electrons. The molecular formula is C29H32F2N4O4S. The van der Waals surface area contributed by atoms with Gasteiger partial charge in [-0.15, -0.1) is 11.3 Å². The number of thiazole rings is 1. The van der Waals surface area contributed by atoms with Crippen LogP contribution in [0, 0.1) is 5.92 Å². The van der Waals surface area contributed by atoms with Crippen LogP contribution >= 0.6 is 11.3 Å². The molecule has 4 rings (SSSR count). The number of ether oxygens (including phenoxy) is 1. The van der Waals surface area contributed by atoms with E-state index in [9.17, 15) is 23.2 Å². The summed E-state index contributed by atoms with van der Waals surface area (Å²) in [5.74, 6) is -2.04. The predicted molar refractivity (Wildman–Crippen MR) is 151 cm³/mol. The lowest BCUT2D eigenvalue weighted by Gasteiger charge is -2.21. The smallest absolute Gasteiger partial charge is 0.253 e. The van der Waals surface area contributed by atoms with Crippen molar-refractivity contribution in [2.75, 3.05) is 19.0 Å². The number of hydrogen-bond donors (Lipinski definition) is 2. The predicted octanol–water partition coefficient (Wildman–Crippen LogP) is 5.62. The first-order valence-electron chi connectivity index (χ1n) is 12.8. The van der Waals surface area contributed by atoms with Crippen molar-refractivity contribution in [3.05, 3.63) is 64.8 Å². The molecule has 11 heteroatoms. The number of ketones is 1. The van der Waals surface area contributed by atoms with Crippen molar-refractivity contribution in [1.29, 1.82) is 0 Å². The highest BCUT2D eigenvalue weighted by Gasteiger charge is 2.25. The molecule has 1 unspecified atom stereocenters. The van der Waals surface area contributed by atoms with E-state index in [1.807, 2.05) is 31.5 Å². The van der Waals surface area contributed by atoms with Gasteiger partial charge in [0.15, 0.2) is 10.9 Å². The first-order valence-corrected chi connectivity index (χ1v) is 13.7. The molecule has 0 saturated heterocycles. The second kappa shape index (κ2) is 12.2. The summed E-state index contributed by atoms with van der Waals surface area (Å²) in [5.41, 5.74) is 2.47. The number of nitrogens with zero attached hydrogens (tertiary/aromatic N) is 2. The Bertz CT molecular complexity index is 1420. The number of Topliss-reactive ketones (excluding diaryl/α,β-unsaturated/α-hetero) is 1. The summed E-state index contributed by atoms with van der Waals surface area (Å²) in [4.78, 5) is 43.0. The lowest BCUT2D eigenvalue weighted by Crippen LogP contribution is -2.46. The molecule has 212 valence electrons. The molecule has 8 nitrogen and oxygen atoms in total. The number of hydrogen-bond acceptors (Lipinski definition) is 6. The number of anilines is 1. The lowest BCUT2D eigenvalue weighted by atomic mass is 9.90. The van der Waals surface area contributed by atoms with Crippen LogP contribution in [-0.2, 0) is 15.1 Å². The van der Waals surface area contributed by atoms with Gasteiger partial charge in [-0.05, 0) is 44.9 Å². The highest BCUT2D eigenvalue weighted by atomic mass is 32.1. The Kier molecular flexibility index (Phi) is 8.95. The van der Waals surface area contributed by atoms with Crippen LogP contribution in [-0.4, -0.2) is 53.3 Å². The number of nitrogens with one attached hydrogen (secondary N) is 2. The number of methoxy groups -OCH3 is 1. The Balaban J connectivity index is 1.46. The van der Waals surface area contributed by atoms with Crippen molar-refractivity contribution < 1.29 is 27.9 Å². The van der Waals surface area contributed by atoms with Crippen molar-refractivity contribution in [2.45, 2.75) is 51.6 Å². The number of halogens is 2. The van der Waals surface area contributed by atoms with E-state index in [0.717, 1.165) is 0 Å². The summed E-state index contributed by atoms with van der Waals surface area (Å²) < 4.78 is 33.4. The number of alkyl halides is 2. The number of allylic oxidation sites excluding steroid dienone is 1. The number of carbonyl (C=O) groups excluding carboxylic acids is 3. The maximum Gasteiger partial charge on any atom is 0.253 e.